The van der Waals surface area contributed by atoms with E-state index in [9.17, 15) is 12.9 Å². The quantitative estimate of drug-likeness (QED) is 0.586. The normalized spacial score (nSPS) is 13.3. The molecule has 0 aliphatic heterocycles. The van der Waals surface area contributed by atoms with Crippen molar-refractivity contribution in [3.8, 4) is 0 Å². The fourth-order valence-electron chi connectivity index (χ4n) is 1.82. The number of rotatable bonds is 8. The topological polar surface area (TPSA) is 29.3 Å². The van der Waals surface area contributed by atoms with E-state index >= 15 is 0 Å². The van der Waals surface area contributed by atoms with Gasteiger partial charge in [-0.3, -0.25) is 0 Å². The number of hydrogen-bond donors (Lipinski definition) is 1. The zero-order chi connectivity index (χ0) is 15.2. The lowest BCUT2D eigenvalue weighted by Crippen LogP contribution is -2.44. The summed E-state index contributed by atoms with van der Waals surface area (Å²) in [6, 6.07) is 6.86. The molecule has 0 spiro atoms. The molecule has 1 aromatic carbocycles. The second-order valence-corrected chi connectivity index (χ2v) is 5.28. The van der Waals surface area contributed by atoms with Crippen LogP contribution in [0.15, 0.2) is 24.3 Å². The summed E-state index contributed by atoms with van der Waals surface area (Å²) in [6.07, 6.45) is -0.200. The fraction of sp³-hybridized carbons (Fsp3) is 0.500. The molecule has 0 radical (unpaired) electrons. The van der Waals surface area contributed by atoms with Gasteiger partial charge in [-0.05, 0) is 30.1 Å². The van der Waals surface area contributed by atoms with Gasteiger partial charge in [0.1, 0.15) is 0 Å². The molecule has 0 saturated heterocycles. The standard InChI is InChI=1S/C12H17BCl2F3N2/c14-5-7-20(8-6-15)11-3-1-10(2-4-11)9-12(19)13(16,17)18/h1-4,12H,5-9,19H2/q-1. The van der Waals surface area contributed by atoms with E-state index in [1.54, 1.807) is 24.3 Å². The lowest BCUT2D eigenvalue weighted by Gasteiger charge is -2.24. The molecule has 20 heavy (non-hydrogen) atoms. The van der Waals surface area contributed by atoms with Gasteiger partial charge < -0.3 is 23.6 Å². The van der Waals surface area contributed by atoms with Crippen molar-refractivity contribution in [3.63, 3.8) is 0 Å². The summed E-state index contributed by atoms with van der Waals surface area (Å²) in [7, 11) is 0. The lowest BCUT2D eigenvalue weighted by atomic mass is 9.76. The number of anilines is 1. The zero-order valence-electron chi connectivity index (χ0n) is 10.9. The molecule has 1 unspecified atom stereocenters. The number of alkyl halides is 2. The largest absolute Gasteiger partial charge is 0.494 e. The van der Waals surface area contributed by atoms with Crippen molar-refractivity contribution >= 4 is 35.9 Å². The maximum atomic E-state index is 12.4. The molecule has 0 saturated carbocycles. The average Bonchev–Trinajstić information content (AvgIpc) is 2.38. The number of hydrogen-bond acceptors (Lipinski definition) is 2. The molecule has 0 aromatic heterocycles. The van der Waals surface area contributed by atoms with Crippen molar-refractivity contribution < 1.29 is 12.9 Å². The van der Waals surface area contributed by atoms with E-state index in [1.165, 1.54) is 0 Å². The zero-order valence-corrected chi connectivity index (χ0v) is 12.4. The third kappa shape index (κ3) is 5.42. The highest BCUT2D eigenvalue weighted by atomic mass is 35.5. The van der Waals surface area contributed by atoms with E-state index in [0.29, 0.717) is 30.4 Å². The van der Waals surface area contributed by atoms with Gasteiger partial charge in [0.05, 0.1) is 0 Å². The first-order valence-corrected chi connectivity index (χ1v) is 7.36. The van der Waals surface area contributed by atoms with Gasteiger partial charge in [0.2, 0.25) is 0 Å². The van der Waals surface area contributed by atoms with Crippen LogP contribution in [0.3, 0.4) is 0 Å². The molecule has 0 bridgehead atoms. The van der Waals surface area contributed by atoms with Crippen molar-refractivity contribution in [2.24, 2.45) is 5.73 Å². The third-order valence-electron chi connectivity index (χ3n) is 2.97. The van der Waals surface area contributed by atoms with Gasteiger partial charge in [0.25, 0.3) is 0 Å². The molecule has 0 fully saturated rings. The Morgan fingerprint density at radius 1 is 1.05 bits per heavy atom. The van der Waals surface area contributed by atoms with Crippen LogP contribution >= 0.6 is 23.2 Å². The Bertz CT molecular complexity index is 395. The maximum Gasteiger partial charge on any atom is 0.494 e. The van der Waals surface area contributed by atoms with Crippen molar-refractivity contribution in [3.05, 3.63) is 29.8 Å². The van der Waals surface area contributed by atoms with Crippen LogP contribution in [0.4, 0.5) is 18.6 Å². The first kappa shape index (κ1) is 17.5. The van der Waals surface area contributed by atoms with Gasteiger partial charge in [0.15, 0.2) is 0 Å². The summed E-state index contributed by atoms with van der Waals surface area (Å²) in [5, 5.41) is 0. The van der Waals surface area contributed by atoms with Crippen LogP contribution in [0, 0.1) is 0 Å². The predicted octanol–water partition coefficient (Wildman–Crippen LogP) is 3.23. The summed E-state index contributed by atoms with van der Waals surface area (Å²) >= 11 is 11.4. The summed E-state index contributed by atoms with van der Waals surface area (Å²) in [4.78, 5) is 1.98. The summed E-state index contributed by atoms with van der Waals surface area (Å²) in [5.41, 5.74) is 6.59. The van der Waals surface area contributed by atoms with Crippen LogP contribution in [0.2, 0.25) is 0 Å². The molecule has 0 aliphatic carbocycles. The van der Waals surface area contributed by atoms with Gasteiger partial charge in [0, 0.05) is 30.5 Å². The van der Waals surface area contributed by atoms with Crippen molar-refractivity contribution in [2.45, 2.75) is 12.4 Å². The van der Waals surface area contributed by atoms with Crippen molar-refractivity contribution in [1.29, 1.82) is 0 Å². The van der Waals surface area contributed by atoms with E-state index in [4.69, 9.17) is 28.9 Å². The van der Waals surface area contributed by atoms with Crippen molar-refractivity contribution in [1.82, 2.24) is 0 Å². The van der Waals surface area contributed by atoms with Crippen LogP contribution in [-0.4, -0.2) is 37.8 Å². The minimum Gasteiger partial charge on any atom is -0.448 e. The van der Waals surface area contributed by atoms with Crippen LogP contribution in [0.1, 0.15) is 5.56 Å². The molecule has 1 aromatic rings. The van der Waals surface area contributed by atoms with Gasteiger partial charge in [-0.25, -0.2) is 0 Å². The Morgan fingerprint density at radius 3 is 1.95 bits per heavy atom. The highest BCUT2D eigenvalue weighted by Gasteiger charge is 2.31. The van der Waals surface area contributed by atoms with Crippen molar-refractivity contribution in [2.75, 3.05) is 29.7 Å². The second-order valence-electron chi connectivity index (χ2n) is 4.52. The first-order chi connectivity index (χ1) is 9.38. The Balaban J connectivity index is 2.72. The lowest BCUT2D eigenvalue weighted by molar-refractivity contribution is 0.436. The van der Waals surface area contributed by atoms with E-state index in [-0.39, 0.29) is 6.42 Å². The number of nitrogens with zero attached hydrogens (tertiary/aromatic N) is 1. The van der Waals surface area contributed by atoms with Gasteiger partial charge in [-0.2, -0.15) is 0 Å². The number of nitrogens with two attached hydrogens (primary N) is 1. The molecule has 1 rings (SSSR count). The Morgan fingerprint density at radius 2 is 1.55 bits per heavy atom. The Labute approximate surface area is 127 Å². The van der Waals surface area contributed by atoms with Crippen LogP contribution in [0.5, 0.6) is 0 Å². The molecule has 0 aliphatic rings. The monoisotopic (exact) mass is 327 g/mol. The molecule has 114 valence electrons. The first-order valence-electron chi connectivity index (χ1n) is 6.30. The minimum absolute atomic E-state index is 0.200. The number of benzene rings is 1. The highest BCUT2D eigenvalue weighted by molar-refractivity contribution is 6.60. The van der Waals surface area contributed by atoms with Crippen LogP contribution < -0.4 is 10.6 Å². The minimum atomic E-state index is -5.00. The summed E-state index contributed by atoms with van der Waals surface area (Å²) in [6.45, 7) is -3.73. The smallest absolute Gasteiger partial charge is 0.448 e. The van der Waals surface area contributed by atoms with Gasteiger partial charge in [-0.15, -0.1) is 23.2 Å². The fourth-order valence-corrected chi connectivity index (χ4v) is 2.23. The Kier molecular flexibility index (Phi) is 6.99. The van der Waals surface area contributed by atoms with Crippen LogP contribution in [0.25, 0.3) is 0 Å². The van der Waals surface area contributed by atoms with E-state index in [2.05, 4.69) is 0 Å². The molecule has 0 heterocycles. The predicted molar refractivity (Wildman–Crippen MR) is 80.9 cm³/mol. The molecule has 2 nitrogen and oxygen atoms in total. The third-order valence-corrected chi connectivity index (χ3v) is 3.31. The van der Waals surface area contributed by atoms with Gasteiger partial charge in [-0.1, -0.05) is 12.1 Å². The van der Waals surface area contributed by atoms with E-state index < -0.39 is 12.9 Å². The molecular weight excluding hydrogens is 311 g/mol. The van der Waals surface area contributed by atoms with Gasteiger partial charge >= 0.3 is 6.98 Å². The average molecular weight is 328 g/mol. The Hall–Kier alpha value is -0.585. The van der Waals surface area contributed by atoms with Crippen LogP contribution in [-0.2, 0) is 6.42 Å². The summed E-state index contributed by atoms with van der Waals surface area (Å²) in [5.74, 6) is -0.858. The SMILES string of the molecule is NC(Cc1ccc(N(CCCl)CCCl)cc1)[B-](F)(F)F. The maximum absolute atomic E-state index is 12.4. The number of halogens is 5. The van der Waals surface area contributed by atoms with E-state index in [0.717, 1.165) is 5.69 Å². The molecule has 2 N–H and O–H groups in total. The second kappa shape index (κ2) is 8.00. The highest BCUT2D eigenvalue weighted by Crippen LogP contribution is 2.19. The van der Waals surface area contributed by atoms with E-state index in [1.807, 2.05) is 4.90 Å². The molecule has 8 heteroatoms. The summed E-state index contributed by atoms with van der Waals surface area (Å²) < 4.78 is 37.3. The molecule has 1 atom stereocenters. The molecular formula is C12H17BCl2F3N2-. The molecule has 0 amide bonds.